The molecular formula is C10H5NO. The summed E-state index contributed by atoms with van der Waals surface area (Å²) in [5, 5.41) is 1.09. The van der Waals surface area contributed by atoms with Gasteiger partial charge in [0.25, 0.3) is 5.56 Å². The number of benzene rings is 1. The Labute approximate surface area is 68.5 Å². The molecule has 2 nitrogen and oxygen atoms in total. The molecule has 0 bridgehead atoms. The summed E-state index contributed by atoms with van der Waals surface area (Å²) >= 11 is 0. The lowest BCUT2D eigenvalue weighted by molar-refractivity contribution is 1.33. The van der Waals surface area contributed by atoms with Crippen LogP contribution in [0.5, 0.6) is 0 Å². The Kier molecular flexibility index (Phi) is 0.844. The van der Waals surface area contributed by atoms with E-state index in [9.17, 15) is 4.79 Å². The van der Waals surface area contributed by atoms with Crippen LogP contribution in [0.1, 0.15) is 0 Å². The van der Waals surface area contributed by atoms with Gasteiger partial charge in [-0.15, -0.1) is 0 Å². The highest BCUT2D eigenvalue weighted by atomic mass is 16.1. The zero-order valence-electron chi connectivity index (χ0n) is 6.24. The molecule has 1 aromatic carbocycles. The number of rotatable bonds is 0. The standard InChI is InChI=1S/C10H5NO/c12-10-8-5-7(8)6-3-1-2-4-9(6)11-10/h1-5H. The Morgan fingerprint density at radius 2 is 1.92 bits per heavy atom. The predicted octanol–water partition coefficient (Wildman–Crippen LogP) is 1.58. The SMILES string of the molecule is O=c1nc2ccccc2c2cc1-2. The number of hydrogen-bond donors (Lipinski definition) is 0. The van der Waals surface area contributed by atoms with Crippen LogP contribution in [0.4, 0.5) is 0 Å². The maximum atomic E-state index is 11.1. The lowest BCUT2D eigenvalue weighted by atomic mass is 10.2. The van der Waals surface area contributed by atoms with E-state index in [1.54, 1.807) is 0 Å². The Morgan fingerprint density at radius 1 is 1.08 bits per heavy atom. The third kappa shape index (κ3) is 0.593. The van der Waals surface area contributed by atoms with Gasteiger partial charge in [-0.3, -0.25) is 4.79 Å². The maximum absolute atomic E-state index is 11.1. The summed E-state index contributed by atoms with van der Waals surface area (Å²) in [4.78, 5) is 15.1. The van der Waals surface area contributed by atoms with E-state index in [1.165, 1.54) is 0 Å². The first-order chi connectivity index (χ1) is 5.86. The molecule has 0 saturated carbocycles. The third-order valence-corrected chi connectivity index (χ3v) is 2.14. The molecule has 0 fully saturated rings. The Bertz CT molecular complexity index is 546. The molecule has 1 aliphatic heterocycles. The van der Waals surface area contributed by atoms with Crippen LogP contribution in [-0.4, -0.2) is 4.98 Å². The molecule has 56 valence electrons. The molecule has 0 radical (unpaired) electrons. The van der Waals surface area contributed by atoms with Gasteiger partial charge in [0.05, 0.1) is 11.1 Å². The van der Waals surface area contributed by atoms with Crippen molar-refractivity contribution in [2.24, 2.45) is 0 Å². The van der Waals surface area contributed by atoms with Crippen molar-refractivity contribution >= 4 is 10.9 Å². The van der Waals surface area contributed by atoms with Gasteiger partial charge < -0.3 is 0 Å². The lowest BCUT2D eigenvalue weighted by Crippen LogP contribution is -2.02. The first-order valence-electron chi connectivity index (χ1n) is 3.81. The second-order valence-electron chi connectivity index (χ2n) is 2.91. The van der Waals surface area contributed by atoms with Crippen LogP contribution in [0.3, 0.4) is 0 Å². The average Bonchev–Trinajstić information content (AvgIpc) is 2.84. The zero-order chi connectivity index (χ0) is 8.13. The second-order valence-corrected chi connectivity index (χ2v) is 2.91. The van der Waals surface area contributed by atoms with Gasteiger partial charge in [0.2, 0.25) is 0 Å². The molecule has 2 heteroatoms. The van der Waals surface area contributed by atoms with Crippen LogP contribution in [0.25, 0.3) is 22.0 Å². The number of nitrogens with zero attached hydrogens (tertiary/aromatic N) is 1. The number of hydrogen-bond acceptors (Lipinski definition) is 2. The van der Waals surface area contributed by atoms with E-state index in [2.05, 4.69) is 4.98 Å². The highest BCUT2D eigenvalue weighted by Gasteiger charge is 2.19. The molecule has 0 N–H and O–H groups in total. The van der Waals surface area contributed by atoms with Crippen LogP contribution in [0.15, 0.2) is 35.1 Å². The van der Waals surface area contributed by atoms with Crippen LogP contribution in [0, 0.1) is 0 Å². The molecule has 1 heterocycles. The molecule has 0 unspecified atom stereocenters. The van der Waals surface area contributed by atoms with Crippen LogP contribution in [0.2, 0.25) is 0 Å². The largest absolute Gasteiger partial charge is 0.278 e. The van der Waals surface area contributed by atoms with Gasteiger partial charge in [0.15, 0.2) is 0 Å². The molecule has 0 amide bonds. The normalized spacial score (nSPS) is 11.7. The molecule has 1 aliphatic carbocycles. The predicted molar refractivity (Wildman–Crippen MR) is 47.0 cm³/mol. The minimum Gasteiger partial charge on any atom is -0.267 e. The van der Waals surface area contributed by atoms with Gasteiger partial charge in [-0.25, -0.2) is 4.98 Å². The van der Waals surface area contributed by atoms with Gasteiger partial charge in [0, 0.05) is 5.39 Å². The minimum absolute atomic E-state index is 0.0938. The Morgan fingerprint density at radius 3 is 2.83 bits per heavy atom. The van der Waals surface area contributed by atoms with E-state index < -0.39 is 0 Å². The average molecular weight is 155 g/mol. The maximum Gasteiger partial charge on any atom is 0.278 e. The van der Waals surface area contributed by atoms with Crippen molar-refractivity contribution in [3.05, 3.63) is 40.7 Å². The monoisotopic (exact) mass is 155 g/mol. The summed E-state index contributed by atoms with van der Waals surface area (Å²) < 4.78 is 0. The van der Waals surface area contributed by atoms with E-state index in [0.717, 1.165) is 22.0 Å². The molecule has 3 rings (SSSR count). The first-order valence-corrected chi connectivity index (χ1v) is 3.81. The van der Waals surface area contributed by atoms with Crippen molar-refractivity contribution in [1.29, 1.82) is 0 Å². The number of fused-ring (bicyclic) bond motifs is 3. The van der Waals surface area contributed by atoms with E-state index in [1.807, 2.05) is 30.3 Å². The van der Waals surface area contributed by atoms with Crippen molar-refractivity contribution in [2.45, 2.75) is 0 Å². The van der Waals surface area contributed by atoms with Crippen LogP contribution in [-0.2, 0) is 0 Å². The highest BCUT2D eigenvalue weighted by Crippen LogP contribution is 2.34. The van der Waals surface area contributed by atoms with Crippen molar-refractivity contribution in [3.63, 3.8) is 0 Å². The number of pyridine rings is 1. The summed E-state index contributed by atoms with van der Waals surface area (Å²) in [6.07, 6.45) is 0. The lowest BCUT2D eigenvalue weighted by Gasteiger charge is -1.93. The van der Waals surface area contributed by atoms with Crippen molar-refractivity contribution in [1.82, 2.24) is 4.98 Å². The fourth-order valence-corrected chi connectivity index (χ4v) is 1.48. The summed E-state index contributed by atoms with van der Waals surface area (Å²) in [5.41, 5.74) is 2.57. The summed E-state index contributed by atoms with van der Waals surface area (Å²) in [6, 6.07) is 9.59. The summed E-state index contributed by atoms with van der Waals surface area (Å²) in [6.45, 7) is 0. The summed E-state index contributed by atoms with van der Waals surface area (Å²) in [7, 11) is 0. The fraction of sp³-hybridized carbons (Fsp3) is 0. The smallest absolute Gasteiger partial charge is 0.267 e. The van der Waals surface area contributed by atoms with E-state index in [-0.39, 0.29) is 5.56 Å². The molecule has 2 aliphatic rings. The van der Waals surface area contributed by atoms with Crippen molar-refractivity contribution < 1.29 is 0 Å². The molecule has 0 atom stereocenters. The van der Waals surface area contributed by atoms with Crippen LogP contribution >= 0.6 is 0 Å². The zero-order valence-corrected chi connectivity index (χ0v) is 6.24. The highest BCUT2D eigenvalue weighted by molar-refractivity contribution is 6.02. The molecule has 12 heavy (non-hydrogen) atoms. The summed E-state index contributed by atoms with van der Waals surface area (Å²) in [5.74, 6) is 0. The minimum atomic E-state index is -0.0938. The van der Waals surface area contributed by atoms with Crippen molar-refractivity contribution in [3.8, 4) is 11.1 Å². The fourth-order valence-electron chi connectivity index (χ4n) is 1.48. The molecule has 0 spiro atoms. The van der Waals surface area contributed by atoms with Gasteiger partial charge in [-0.1, -0.05) is 18.2 Å². The van der Waals surface area contributed by atoms with E-state index in [0.29, 0.717) is 0 Å². The molecule has 0 aromatic heterocycles. The molecule has 1 aromatic rings. The van der Waals surface area contributed by atoms with Gasteiger partial charge >= 0.3 is 0 Å². The number of aromatic nitrogens is 1. The topological polar surface area (TPSA) is 30.0 Å². The molecular weight excluding hydrogens is 150 g/mol. The third-order valence-electron chi connectivity index (χ3n) is 2.14. The molecule has 0 saturated heterocycles. The van der Waals surface area contributed by atoms with E-state index in [4.69, 9.17) is 0 Å². The second kappa shape index (κ2) is 1.72. The van der Waals surface area contributed by atoms with E-state index >= 15 is 0 Å². The number of para-hydroxylation sites is 1. The van der Waals surface area contributed by atoms with Crippen molar-refractivity contribution in [2.75, 3.05) is 0 Å². The van der Waals surface area contributed by atoms with Gasteiger partial charge in [-0.2, -0.15) is 0 Å². The quantitative estimate of drug-likeness (QED) is 0.493. The van der Waals surface area contributed by atoms with Crippen LogP contribution < -0.4 is 5.56 Å². The Balaban J connectivity index is 2.63. The Hall–Kier alpha value is -1.70. The van der Waals surface area contributed by atoms with Gasteiger partial charge in [0.1, 0.15) is 0 Å². The first kappa shape index (κ1) is 5.89. The van der Waals surface area contributed by atoms with Gasteiger partial charge in [-0.05, 0) is 17.7 Å².